The minimum atomic E-state index is -3.72. The number of nitrogens with one attached hydrogen (secondary N) is 2. The van der Waals surface area contributed by atoms with Crippen LogP contribution >= 0.6 is 0 Å². The van der Waals surface area contributed by atoms with Gasteiger partial charge in [0.1, 0.15) is 0 Å². The highest BCUT2D eigenvalue weighted by molar-refractivity contribution is 7.92. The molecule has 1 aliphatic carbocycles. The second-order valence-corrected chi connectivity index (χ2v) is 8.73. The summed E-state index contributed by atoms with van der Waals surface area (Å²) in [6, 6.07) is 10.8. The highest BCUT2D eigenvalue weighted by Crippen LogP contribution is 2.32. The molecule has 1 heterocycles. The summed E-state index contributed by atoms with van der Waals surface area (Å²) in [5.41, 5.74) is 4.65. The number of hydrogen-bond donors (Lipinski definition) is 2. The van der Waals surface area contributed by atoms with Gasteiger partial charge in [0.25, 0.3) is 10.0 Å². The second kappa shape index (κ2) is 6.53. The molecule has 1 aromatic heterocycles. The van der Waals surface area contributed by atoms with Crippen LogP contribution in [0.1, 0.15) is 46.9 Å². The summed E-state index contributed by atoms with van der Waals surface area (Å²) in [5.74, 6) is 0.131. The van der Waals surface area contributed by atoms with Crippen LogP contribution in [0.15, 0.2) is 41.3 Å². The average molecular weight is 382 g/mol. The Balaban J connectivity index is 1.75. The van der Waals surface area contributed by atoms with E-state index < -0.39 is 10.0 Å². The Morgan fingerprint density at radius 2 is 1.85 bits per heavy atom. The minimum absolute atomic E-state index is 0.131. The van der Waals surface area contributed by atoms with Crippen LogP contribution in [0.4, 0.5) is 5.69 Å². The number of hydrogen-bond acceptors (Lipinski definition) is 3. The van der Waals surface area contributed by atoms with Gasteiger partial charge >= 0.3 is 0 Å². The monoisotopic (exact) mass is 382 g/mol. The Bertz CT molecular complexity index is 1140. The summed E-state index contributed by atoms with van der Waals surface area (Å²) in [6.07, 6.45) is 3.10. The number of sulfonamides is 1. The Labute approximate surface area is 158 Å². The van der Waals surface area contributed by atoms with Gasteiger partial charge in [-0.25, -0.2) is 8.42 Å². The lowest BCUT2D eigenvalue weighted by Crippen LogP contribution is -2.14. The fourth-order valence-corrected chi connectivity index (χ4v) is 5.06. The van der Waals surface area contributed by atoms with Crippen molar-refractivity contribution in [3.63, 3.8) is 0 Å². The van der Waals surface area contributed by atoms with Crippen LogP contribution in [0.5, 0.6) is 0 Å². The molecule has 0 saturated carbocycles. The molecular formula is C21H22N2O3S. The predicted octanol–water partition coefficient (Wildman–Crippen LogP) is 4.36. The van der Waals surface area contributed by atoms with E-state index in [1.165, 1.54) is 0 Å². The van der Waals surface area contributed by atoms with Gasteiger partial charge in [-0.2, -0.15) is 0 Å². The van der Waals surface area contributed by atoms with Crippen molar-refractivity contribution in [3.05, 3.63) is 58.8 Å². The van der Waals surface area contributed by atoms with E-state index in [0.717, 1.165) is 41.5 Å². The van der Waals surface area contributed by atoms with Gasteiger partial charge in [-0.1, -0.05) is 19.1 Å². The molecular weight excluding hydrogens is 360 g/mol. The lowest BCUT2D eigenvalue weighted by Gasteiger charge is -2.12. The minimum Gasteiger partial charge on any atom is -0.358 e. The van der Waals surface area contributed by atoms with Crippen LogP contribution in [0.2, 0.25) is 0 Å². The maximum atomic E-state index is 12.9. The highest BCUT2D eigenvalue weighted by Gasteiger charge is 2.25. The van der Waals surface area contributed by atoms with Gasteiger partial charge in [0.15, 0.2) is 5.78 Å². The van der Waals surface area contributed by atoms with E-state index in [9.17, 15) is 13.2 Å². The molecule has 0 unspecified atom stereocenters. The summed E-state index contributed by atoms with van der Waals surface area (Å²) in [7, 11) is -3.72. The first-order valence-electron chi connectivity index (χ1n) is 9.19. The Kier molecular flexibility index (Phi) is 4.30. The van der Waals surface area contributed by atoms with Gasteiger partial charge in [-0.05, 0) is 61.6 Å². The molecule has 5 nitrogen and oxygen atoms in total. The molecule has 0 aliphatic heterocycles. The maximum absolute atomic E-state index is 12.9. The van der Waals surface area contributed by atoms with Crippen molar-refractivity contribution in [1.82, 2.24) is 4.98 Å². The molecule has 0 saturated heterocycles. The first kappa shape index (κ1) is 17.8. The van der Waals surface area contributed by atoms with Crippen LogP contribution < -0.4 is 4.72 Å². The van der Waals surface area contributed by atoms with Crippen molar-refractivity contribution >= 4 is 32.4 Å². The third-order valence-corrected chi connectivity index (χ3v) is 6.71. The van der Waals surface area contributed by atoms with E-state index in [1.54, 1.807) is 25.1 Å². The van der Waals surface area contributed by atoms with Gasteiger partial charge in [-0.3, -0.25) is 9.52 Å². The third-order valence-electron chi connectivity index (χ3n) is 5.19. The number of H-pyrrole nitrogens is 1. The van der Waals surface area contributed by atoms with E-state index in [-0.39, 0.29) is 10.7 Å². The molecule has 1 aliphatic rings. The van der Waals surface area contributed by atoms with Crippen LogP contribution in [-0.4, -0.2) is 19.2 Å². The van der Waals surface area contributed by atoms with Crippen LogP contribution in [0.25, 0.3) is 10.9 Å². The van der Waals surface area contributed by atoms with Gasteiger partial charge in [0, 0.05) is 34.3 Å². The number of anilines is 1. The zero-order valence-corrected chi connectivity index (χ0v) is 16.2. The lowest BCUT2D eigenvalue weighted by molar-refractivity contribution is 0.0974. The quantitative estimate of drug-likeness (QED) is 0.704. The molecule has 0 fully saturated rings. The molecule has 2 aromatic carbocycles. The smallest absolute Gasteiger partial charge is 0.262 e. The Morgan fingerprint density at radius 1 is 1.11 bits per heavy atom. The fourth-order valence-electron chi connectivity index (χ4n) is 3.75. The molecule has 4 rings (SSSR count). The molecule has 27 heavy (non-hydrogen) atoms. The largest absolute Gasteiger partial charge is 0.358 e. The molecule has 0 spiro atoms. The van der Waals surface area contributed by atoms with Gasteiger partial charge < -0.3 is 4.98 Å². The molecule has 0 amide bonds. The van der Waals surface area contributed by atoms with Gasteiger partial charge in [-0.15, -0.1) is 0 Å². The number of carbonyl (C=O) groups is 1. The molecule has 3 aromatic rings. The summed E-state index contributed by atoms with van der Waals surface area (Å²) in [5, 5.41) is 0.818. The molecule has 2 N–H and O–H groups in total. The zero-order chi connectivity index (χ0) is 19.2. The van der Waals surface area contributed by atoms with E-state index in [1.807, 2.05) is 18.2 Å². The summed E-state index contributed by atoms with van der Waals surface area (Å²) in [4.78, 5) is 15.8. The van der Waals surface area contributed by atoms with E-state index in [2.05, 4.69) is 16.6 Å². The first-order chi connectivity index (χ1) is 12.9. The average Bonchev–Trinajstić information content (AvgIpc) is 3.00. The predicted molar refractivity (Wildman–Crippen MR) is 107 cm³/mol. The topological polar surface area (TPSA) is 79.0 Å². The van der Waals surface area contributed by atoms with Crippen molar-refractivity contribution < 1.29 is 13.2 Å². The standard InChI is InChI=1S/C21H22N2O3S/c1-3-14-7-9-15(10-8-14)23-27(25,26)20-12-18-16(11-13(20)2)21-17(22-18)5-4-6-19(21)24/h7-12,22-23H,3-6H2,1-2H3. The number of aryl methyl sites for hydroxylation is 3. The van der Waals surface area contributed by atoms with E-state index >= 15 is 0 Å². The van der Waals surface area contributed by atoms with Crippen molar-refractivity contribution in [2.24, 2.45) is 0 Å². The van der Waals surface area contributed by atoms with Gasteiger partial charge in [0.05, 0.1) is 4.90 Å². The SMILES string of the molecule is CCc1ccc(NS(=O)(=O)c2cc3[nH]c4c(c3cc2C)C(=O)CCC4)cc1. The number of fused-ring (bicyclic) bond motifs is 3. The third kappa shape index (κ3) is 3.14. The molecule has 0 radical (unpaired) electrons. The lowest BCUT2D eigenvalue weighted by atomic mass is 9.94. The normalized spacial score (nSPS) is 14.4. The molecule has 0 bridgehead atoms. The van der Waals surface area contributed by atoms with Crippen molar-refractivity contribution in [2.45, 2.75) is 44.4 Å². The molecule has 0 atom stereocenters. The fraction of sp³-hybridized carbons (Fsp3) is 0.286. The van der Waals surface area contributed by atoms with Crippen LogP contribution in [-0.2, 0) is 22.9 Å². The first-order valence-corrected chi connectivity index (χ1v) is 10.7. The second-order valence-electron chi connectivity index (χ2n) is 7.07. The number of Topliss-reactive ketones (excluding diaryl/α,β-unsaturated/α-hetero) is 1. The van der Waals surface area contributed by atoms with E-state index in [4.69, 9.17) is 0 Å². The van der Waals surface area contributed by atoms with Crippen molar-refractivity contribution in [3.8, 4) is 0 Å². The van der Waals surface area contributed by atoms with Crippen LogP contribution in [0, 0.1) is 6.92 Å². The van der Waals surface area contributed by atoms with Gasteiger partial charge in [0.2, 0.25) is 0 Å². The van der Waals surface area contributed by atoms with Crippen LogP contribution in [0.3, 0.4) is 0 Å². The Hall–Kier alpha value is -2.60. The number of carbonyl (C=O) groups excluding carboxylic acids is 1. The Morgan fingerprint density at radius 3 is 2.56 bits per heavy atom. The number of aromatic nitrogens is 1. The molecule has 6 heteroatoms. The maximum Gasteiger partial charge on any atom is 0.262 e. The number of ketones is 1. The summed E-state index contributed by atoms with van der Waals surface area (Å²) >= 11 is 0. The number of benzene rings is 2. The van der Waals surface area contributed by atoms with Crippen molar-refractivity contribution in [1.29, 1.82) is 0 Å². The van der Waals surface area contributed by atoms with Crippen molar-refractivity contribution in [2.75, 3.05) is 4.72 Å². The summed E-state index contributed by atoms with van der Waals surface area (Å²) in [6.45, 7) is 3.82. The number of rotatable bonds is 4. The van der Waals surface area contributed by atoms with E-state index in [0.29, 0.717) is 23.2 Å². The molecule has 140 valence electrons. The summed E-state index contributed by atoms with van der Waals surface area (Å²) < 4.78 is 28.5. The number of aromatic amines is 1. The highest BCUT2D eigenvalue weighted by atomic mass is 32.2. The zero-order valence-electron chi connectivity index (χ0n) is 15.4.